The molecule has 8 heteroatoms. The van der Waals surface area contributed by atoms with Crippen LogP contribution in [-0.2, 0) is 6.54 Å². The summed E-state index contributed by atoms with van der Waals surface area (Å²) < 4.78 is 1.20. The molecule has 0 aliphatic carbocycles. The molecule has 8 nitrogen and oxygen atoms in total. The van der Waals surface area contributed by atoms with Crippen LogP contribution >= 0.6 is 0 Å². The number of nitrogens with zero attached hydrogens (tertiary/aromatic N) is 3. The zero-order valence-corrected chi connectivity index (χ0v) is 12.1. The van der Waals surface area contributed by atoms with Crippen molar-refractivity contribution >= 4 is 17.0 Å². The average Bonchev–Trinajstić information content (AvgIpc) is 2.54. The fraction of sp³-hybridized carbons (Fsp3) is 0.133. The molecule has 0 amide bonds. The Morgan fingerprint density at radius 3 is 2.78 bits per heavy atom. The number of aromatic amines is 1. The highest BCUT2D eigenvalue weighted by Crippen LogP contribution is 2.21. The van der Waals surface area contributed by atoms with Crippen molar-refractivity contribution in [2.24, 2.45) is 0 Å². The van der Waals surface area contributed by atoms with E-state index >= 15 is 0 Å². The number of carbonyl (C=O) groups is 1. The van der Waals surface area contributed by atoms with Gasteiger partial charge in [0.15, 0.2) is 5.65 Å². The molecule has 0 saturated heterocycles. The van der Waals surface area contributed by atoms with Crippen molar-refractivity contribution in [3.63, 3.8) is 0 Å². The maximum atomic E-state index is 12.0. The number of carboxylic acid groups (broad SMARTS) is 1. The second-order valence-corrected chi connectivity index (χ2v) is 4.79. The van der Waals surface area contributed by atoms with E-state index in [0.717, 1.165) is 0 Å². The number of aryl methyl sites for hydroxylation is 1. The number of fused-ring (bicyclic) bond motifs is 1. The minimum absolute atomic E-state index is 0.00167. The predicted molar refractivity (Wildman–Crippen MR) is 79.9 cm³/mol. The van der Waals surface area contributed by atoms with Crippen LogP contribution in [0.5, 0.6) is 0 Å². The van der Waals surface area contributed by atoms with E-state index in [-0.39, 0.29) is 28.8 Å². The summed E-state index contributed by atoms with van der Waals surface area (Å²) >= 11 is 0. The van der Waals surface area contributed by atoms with Gasteiger partial charge in [0.05, 0.1) is 17.0 Å². The smallest absolute Gasteiger partial charge is 0.329 e. The summed E-state index contributed by atoms with van der Waals surface area (Å²) in [6.07, 6.45) is 3.08. The third-order valence-electron chi connectivity index (χ3n) is 3.44. The van der Waals surface area contributed by atoms with Crippen LogP contribution in [0.1, 0.15) is 17.3 Å². The number of aromatic nitrogens is 4. The molecule has 0 saturated carbocycles. The van der Waals surface area contributed by atoms with Crippen molar-refractivity contribution in [1.82, 2.24) is 19.5 Å². The number of H-pyrrole nitrogens is 1. The topological polar surface area (TPSA) is 121 Å². The molecule has 3 rings (SSSR count). The molecule has 3 aromatic heterocycles. The molecule has 0 atom stereocenters. The lowest BCUT2D eigenvalue weighted by molar-refractivity contribution is -0.254. The zero-order valence-electron chi connectivity index (χ0n) is 12.1. The van der Waals surface area contributed by atoms with E-state index in [4.69, 9.17) is 0 Å². The molecule has 3 heterocycles. The molecule has 116 valence electrons. The highest BCUT2D eigenvalue weighted by atomic mass is 16.4. The van der Waals surface area contributed by atoms with Crippen LogP contribution in [0, 0.1) is 0 Å². The first-order chi connectivity index (χ1) is 11.0. The fourth-order valence-electron chi connectivity index (χ4n) is 2.39. The number of carbonyl (C=O) groups excluding carboxylic acids is 1. The second-order valence-electron chi connectivity index (χ2n) is 4.79. The van der Waals surface area contributed by atoms with E-state index in [2.05, 4.69) is 15.0 Å². The normalized spacial score (nSPS) is 10.8. The Morgan fingerprint density at radius 2 is 2.17 bits per heavy atom. The predicted octanol–water partition coefficient (Wildman–Crippen LogP) is -0.470. The summed E-state index contributed by atoms with van der Waals surface area (Å²) in [5.74, 6) is -1.52. The molecule has 3 aromatic rings. The molecule has 0 bridgehead atoms. The first kappa shape index (κ1) is 14.6. The van der Waals surface area contributed by atoms with Crippen LogP contribution in [-0.4, -0.2) is 25.5 Å². The van der Waals surface area contributed by atoms with Gasteiger partial charge in [-0.2, -0.15) is 0 Å². The fourth-order valence-corrected chi connectivity index (χ4v) is 2.39. The van der Waals surface area contributed by atoms with Gasteiger partial charge < -0.3 is 9.90 Å². The summed E-state index contributed by atoms with van der Waals surface area (Å²) in [6.45, 7) is 1.92. The van der Waals surface area contributed by atoms with Gasteiger partial charge in [-0.3, -0.25) is 19.3 Å². The van der Waals surface area contributed by atoms with Gasteiger partial charge in [0.1, 0.15) is 0 Å². The first-order valence-corrected chi connectivity index (χ1v) is 6.82. The van der Waals surface area contributed by atoms with Crippen LogP contribution in [0.2, 0.25) is 0 Å². The molecule has 0 spiro atoms. The summed E-state index contributed by atoms with van der Waals surface area (Å²) in [5, 5.41) is 11.3. The van der Waals surface area contributed by atoms with Crippen molar-refractivity contribution < 1.29 is 9.90 Å². The average molecular weight is 311 g/mol. The van der Waals surface area contributed by atoms with Gasteiger partial charge in [-0.15, -0.1) is 0 Å². The first-order valence-electron chi connectivity index (χ1n) is 6.82. The Bertz CT molecular complexity index is 1020. The number of rotatable bonds is 3. The number of aromatic carboxylic acids is 1. The lowest BCUT2D eigenvalue weighted by Gasteiger charge is -2.12. The van der Waals surface area contributed by atoms with Crippen LogP contribution in [0.25, 0.3) is 22.3 Å². The number of hydrogen-bond donors (Lipinski definition) is 1. The Morgan fingerprint density at radius 1 is 1.39 bits per heavy atom. The number of pyridine rings is 2. The van der Waals surface area contributed by atoms with E-state index in [1.54, 1.807) is 25.3 Å². The number of nitrogens with one attached hydrogen (secondary N) is 1. The number of hydrogen-bond acceptors (Lipinski definition) is 6. The van der Waals surface area contributed by atoms with Gasteiger partial charge in [0.25, 0.3) is 5.56 Å². The zero-order chi connectivity index (χ0) is 16.6. The maximum absolute atomic E-state index is 12.0. The van der Waals surface area contributed by atoms with Crippen molar-refractivity contribution in [3.8, 4) is 11.3 Å². The Labute approximate surface area is 129 Å². The molecule has 0 aliphatic rings. The lowest BCUT2D eigenvalue weighted by atomic mass is 10.1. The van der Waals surface area contributed by atoms with Crippen molar-refractivity contribution in [2.45, 2.75) is 13.5 Å². The molecule has 0 unspecified atom stereocenters. The highest BCUT2D eigenvalue weighted by Gasteiger charge is 2.15. The highest BCUT2D eigenvalue weighted by molar-refractivity contribution is 6.01. The Hall–Kier alpha value is -3.29. The van der Waals surface area contributed by atoms with Gasteiger partial charge in [0.2, 0.25) is 0 Å². The molecule has 0 radical (unpaired) electrons. The molecule has 23 heavy (non-hydrogen) atoms. The van der Waals surface area contributed by atoms with Gasteiger partial charge in [-0.1, -0.05) is 0 Å². The van der Waals surface area contributed by atoms with Gasteiger partial charge in [-0.25, -0.2) is 9.78 Å². The van der Waals surface area contributed by atoms with Gasteiger partial charge in [0, 0.05) is 30.1 Å². The summed E-state index contributed by atoms with van der Waals surface area (Å²) in [5.41, 5.74) is -0.923. The van der Waals surface area contributed by atoms with Crippen molar-refractivity contribution in [3.05, 3.63) is 57.0 Å². The Kier molecular flexibility index (Phi) is 3.49. The van der Waals surface area contributed by atoms with E-state index in [9.17, 15) is 19.5 Å². The van der Waals surface area contributed by atoms with E-state index in [1.807, 2.05) is 0 Å². The molecular formula is C15H11N4O4-. The second kappa shape index (κ2) is 5.48. The number of carboxylic acids is 1. The van der Waals surface area contributed by atoms with Gasteiger partial charge >= 0.3 is 5.69 Å². The summed E-state index contributed by atoms with van der Waals surface area (Å²) in [7, 11) is 0. The third-order valence-corrected chi connectivity index (χ3v) is 3.44. The molecule has 0 aromatic carbocycles. The van der Waals surface area contributed by atoms with Crippen LogP contribution in [0.3, 0.4) is 0 Å². The molecule has 0 aliphatic heterocycles. The van der Waals surface area contributed by atoms with Crippen molar-refractivity contribution in [1.29, 1.82) is 0 Å². The largest absolute Gasteiger partial charge is 0.545 e. The minimum atomic E-state index is -1.52. The molecular weight excluding hydrogens is 300 g/mol. The van der Waals surface area contributed by atoms with E-state index in [1.165, 1.54) is 16.8 Å². The van der Waals surface area contributed by atoms with Crippen LogP contribution in [0.15, 0.2) is 40.2 Å². The monoisotopic (exact) mass is 311 g/mol. The van der Waals surface area contributed by atoms with E-state index < -0.39 is 17.2 Å². The summed E-state index contributed by atoms with van der Waals surface area (Å²) in [4.78, 5) is 45.7. The van der Waals surface area contributed by atoms with Crippen molar-refractivity contribution in [2.75, 3.05) is 0 Å². The SMILES string of the molecule is CCn1c(=O)[nH]c(=O)c2c(C(=O)[O-])cc(-c3cccnc3)nc21. The third kappa shape index (κ3) is 2.39. The Balaban J connectivity index is 2.50. The van der Waals surface area contributed by atoms with Gasteiger partial charge in [-0.05, 0) is 25.1 Å². The maximum Gasteiger partial charge on any atom is 0.329 e. The van der Waals surface area contributed by atoms with E-state index in [0.29, 0.717) is 5.56 Å². The molecule has 0 fully saturated rings. The van der Waals surface area contributed by atoms with Crippen LogP contribution in [0.4, 0.5) is 0 Å². The lowest BCUT2D eigenvalue weighted by Crippen LogP contribution is -2.33. The molecule has 1 N–H and O–H groups in total. The quantitative estimate of drug-likeness (QED) is 0.698. The van der Waals surface area contributed by atoms with Crippen LogP contribution < -0.4 is 16.4 Å². The summed E-state index contributed by atoms with van der Waals surface area (Å²) in [6, 6.07) is 4.61. The minimum Gasteiger partial charge on any atom is -0.545 e. The standard InChI is InChI=1S/C15H12N4O4/c1-2-19-12-11(13(20)18-15(19)23)9(14(21)22)6-10(17-12)8-4-3-5-16-7-8/h3-7H,2H2,1H3,(H,21,22)(H,18,20,23)/p-1.